The highest BCUT2D eigenvalue weighted by Gasteiger charge is 2.25. The van der Waals surface area contributed by atoms with E-state index in [0.29, 0.717) is 6.04 Å². The summed E-state index contributed by atoms with van der Waals surface area (Å²) < 4.78 is 0. The van der Waals surface area contributed by atoms with E-state index >= 15 is 0 Å². The lowest BCUT2D eigenvalue weighted by atomic mass is 9.77. The fourth-order valence-electron chi connectivity index (χ4n) is 3.87. The van der Waals surface area contributed by atoms with Gasteiger partial charge in [-0.1, -0.05) is 56.5 Å². The van der Waals surface area contributed by atoms with Crippen molar-refractivity contribution < 1.29 is 0 Å². The maximum atomic E-state index is 3.84. The second-order valence-corrected chi connectivity index (χ2v) is 7.12. The SMILES string of the molecule is CCCNC(CCc1cccc(C)c1)C1CCCC(C)C1. The van der Waals surface area contributed by atoms with Crippen LogP contribution < -0.4 is 5.32 Å². The molecule has 0 saturated heterocycles. The molecule has 0 radical (unpaired) electrons. The Kier molecular flexibility index (Phi) is 6.76. The highest BCUT2D eigenvalue weighted by Crippen LogP contribution is 2.32. The number of benzene rings is 1. The number of hydrogen-bond acceptors (Lipinski definition) is 1. The van der Waals surface area contributed by atoms with Crippen molar-refractivity contribution >= 4 is 0 Å². The van der Waals surface area contributed by atoms with Crippen LogP contribution in [0.25, 0.3) is 0 Å². The topological polar surface area (TPSA) is 12.0 Å². The molecule has 1 fully saturated rings. The van der Waals surface area contributed by atoms with Gasteiger partial charge < -0.3 is 5.32 Å². The van der Waals surface area contributed by atoms with Gasteiger partial charge in [0.15, 0.2) is 0 Å². The minimum Gasteiger partial charge on any atom is -0.314 e. The zero-order chi connectivity index (χ0) is 15.1. The average Bonchev–Trinajstić information content (AvgIpc) is 2.47. The molecular weight excluding hydrogens is 254 g/mol. The Morgan fingerprint density at radius 2 is 2.14 bits per heavy atom. The molecule has 1 aromatic carbocycles. The average molecular weight is 287 g/mol. The van der Waals surface area contributed by atoms with Gasteiger partial charge in [0.1, 0.15) is 0 Å². The Morgan fingerprint density at radius 3 is 2.86 bits per heavy atom. The molecule has 1 aromatic rings. The minimum absolute atomic E-state index is 0.716. The number of nitrogens with one attached hydrogen (secondary N) is 1. The lowest BCUT2D eigenvalue weighted by Gasteiger charge is -2.34. The fourth-order valence-corrected chi connectivity index (χ4v) is 3.87. The molecule has 2 rings (SSSR count). The molecule has 1 saturated carbocycles. The number of aryl methyl sites for hydroxylation is 2. The fraction of sp³-hybridized carbons (Fsp3) is 0.700. The highest BCUT2D eigenvalue weighted by molar-refractivity contribution is 5.22. The summed E-state index contributed by atoms with van der Waals surface area (Å²) in [6, 6.07) is 9.74. The van der Waals surface area contributed by atoms with Crippen molar-refractivity contribution in [2.45, 2.75) is 71.8 Å². The van der Waals surface area contributed by atoms with E-state index in [-0.39, 0.29) is 0 Å². The summed E-state index contributed by atoms with van der Waals surface area (Å²) in [6.07, 6.45) is 9.47. The van der Waals surface area contributed by atoms with Gasteiger partial charge in [0.25, 0.3) is 0 Å². The van der Waals surface area contributed by atoms with Gasteiger partial charge in [-0.25, -0.2) is 0 Å². The molecule has 1 aliphatic carbocycles. The Balaban J connectivity index is 1.92. The van der Waals surface area contributed by atoms with Crippen LogP contribution in [0.2, 0.25) is 0 Å². The highest BCUT2D eigenvalue weighted by atomic mass is 14.9. The van der Waals surface area contributed by atoms with Crippen LogP contribution in [-0.2, 0) is 6.42 Å². The van der Waals surface area contributed by atoms with E-state index in [1.165, 1.54) is 62.6 Å². The molecule has 3 unspecified atom stereocenters. The maximum Gasteiger partial charge on any atom is 0.00985 e. The van der Waals surface area contributed by atoms with Crippen LogP contribution in [0.4, 0.5) is 0 Å². The van der Waals surface area contributed by atoms with E-state index in [1.54, 1.807) is 0 Å². The van der Waals surface area contributed by atoms with E-state index in [9.17, 15) is 0 Å². The smallest absolute Gasteiger partial charge is 0.00985 e. The molecule has 21 heavy (non-hydrogen) atoms. The second kappa shape index (κ2) is 8.58. The molecule has 118 valence electrons. The van der Waals surface area contributed by atoms with Gasteiger partial charge in [-0.3, -0.25) is 0 Å². The molecule has 1 heteroatoms. The summed E-state index contributed by atoms with van der Waals surface area (Å²) in [4.78, 5) is 0. The molecular formula is C20H33N. The van der Waals surface area contributed by atoms with Crippen molar-refractivity contribution in [3.05, 3.63) is 35.4 Å². The molecule has 3 atom stereocenters. The van der Waals surface area contributed by atoms with Gasteiger partial charge in [-0.2, -0.15) is 0 Å². The van der Waals surface area contributed by atoms with Crippen molar-refractivity contribution in [1.82, 2.24) is 5.32 Å². The molecule has 1 N–H and O–H groups in total. The molecule has 0 spiro atoms. The predicted molar refractivity (Wildman–Crippen MR) is 92.7 cm³/mol. The molecule has 0 bridgehead atoms. The molecule has 0 aliphatic heterocycles. The van der Waals surface area contributed by atoms with Crippen LogP contribution in [-0.4, -0.2) is 12.6 Å². The van der Waals surface area contributed by atoms with Crippen LogP contribution in [0.3, 0.4) is 0 Å². The summed E-state index contributed by atoms with van der Waals surface area (Å²) in [6.45, 7) is 8.07. The van der Waals surface area contributed by atoms with Crippen LogP contribution in [0.1, 0.15) is 63.5 Å². The van der Waals surface area contributed by atoms with E-state index < -0.39 is 0 Å². The zero-order valence-corrected chi connectivity index (χ0v) is 14.2. The zero-order valence-electron chi connectivity index (χ0n) is 14.2. The first-order valence-electron chi connectivity index (χ1n) is 8.98. The Morgan fingerprint density at radius 1 is 1.29 bits per heavy atom. The van der Waals surface area contributed by atoms with Gasteiger partial charge >= 0.3 is 0 Å². The van der Waals surface area contributed by atoms with Crippen molar-refractivity contribution in [1.29, 1.82) is 0 Å². The summed E-state index contributed by atoms with van der Waals surface area (Å²) in [5.41, 5.74) is 2.89. The van der Waals surface area contributed by atoms with Gasteiger partial charge in [0.2, 0.25) is 0 Å². The van der Waals surface area contributed by atoms with Crippen molar-refractivity contribution in [2.24, 2.45) is 11.8 Å². The van der Waals surface area contributed by atoms with E-state index in [4.69, 9.17) is 0 Å². The Bertz CT molecular complexity index is 412. The lowest BCUT2D eigenvalue weighted by Crippen LogP contribution is -2.39. The third-order valence-electron chi connectivity index (χ3n) is 5.03. The standard InChI is InChI=1S/C20H33N/c1-4-13-21-20(19-10-6-8-17(3)15-19)12-11-18-9-5-7-16(2)14-18/h5,7,9,14,17,19-21H,4,6,8,10-13,15H2,1-3H3. The minimum atomic E-state index is 0.716. The van der Waals surface area contributed by atoms with Gasteiger partial charge in [-0.05, 0) is 63.0 Å². The van der Waals surface area contributed by atoms with Gasteiger partial charge in [0.05, 0.1) is 0 Å². The third-order valence-corrected chi connectivity index (χ3v) is 5.03. The summed E-state index contributed by atoms with van der Waals surface area (Å²) >= 11 is 0. The van der Waals surface area contributed by atoms with Crippen molar-refractivity contribution in [2.75, 3.05) is 6.54 Å². The Hall–Kier alpha value is -0.820. The third kappa shape index (κ3) is 5.47. The molecule has 0 heterocycles. The van der Waals surface area contributed by atoms with Crippen LogP contribution in [0.15, 0.2) is 24.3 Å². The summed E-state index contributed by atoms with van der Waals surface area (Å²) in [5, 5.41) is 3.84. The monoisotopic (exact) mass is 287 g/mol. The first-order chi connectivity index (χ1) is 10.2. The summed E-state index contributed by atoms with van der Waals surface area (Å²) in [5.74, 6) is 1.82. The van der Waals surface area contributed by atoms with Crippen LogP contribution in [0, 0.1) is 18.8 Å². The van der Waals surface area contributed by atoms with Gasteiger partial charge in [0, 0.05) is 6.04 Å². The second-order valence-electron chi connectivity index (χ2n) is 7.12. The van der Waals surface area contributed by atoms with Crippen LogP contribution >= 0.6 is 0 Å². The van der Waals surface area contributed by atoms with Crippen molar-refractivity contribution in [3.8, 4) is 0 Å². The van der Waals surface area contributed by atoms with Crippen LogP contribution in [0.5, 0.6) is 0 Å². The first-order valence-corrected chi connectivity index (χ1v) is 8.98. The lowest BCUT2D eigenvalue weighted by molar-refractivity contribution is 0.215. The largest absolute Gasteiger partial charge is 0.314 e. The molecule has 1 aliphatic rings. The predicted octanol–water partition coefficient (Wildman–Crippen LogP) is 5.12. The number of rotatable bonds is 7. The molecule has 0 aromatic heterocycles. The Labute approximate surface area is 131 Å². The maximum absolute atomic E-state index is 3.84. The van der Waals surface area contributed by atoms with E-state index in [2.05, 4.69) is 50.4 Å². The normalized spacial score (nSPS) is 24.0. The van der Waals surface area contributed by atoms with Gasteiger partial charge in [-0.15, -0.1) is 0 Å². The summed E-state index contributed by atoms with van der Waals surface area (Å²) in [7, 11) is 0. The molecule has 0 amide bonds. The molecule has 1 nitrogen and oxygen atoms in total. The van der Waals surface area contributed by atoms with E-state index in [1.807, 2.05) is 0 Å². The number of hydrogen-bond donors (Lipinski definition) is 1. The first kappa shape index (κ1) is 16.5. The quantitative estimate of drug-likeness (QED) is 0.733. The van der Waals surface area contributed by atoms with E-state index in [0.717, 1.165) is 11.8 Å². The van der Waals surface area contributed by atoms with Crippen molar-refractivity contribution in [3.63, 3.8) is 0 Å².